The van der Waals surface area contributed by atoms with Crippen molar-refractivity contribution in [2.24, 2.45) is 0 Å². The van der Waals surface area contributed by atoms with Crippen LogP contribution in [-0.4, -0.2) is 26.7 Å². The molecule has 0 fully saturated rings. The first-order chi connectivity index (χ1) is 12.0. The van der Waals surface area contributed by atoms with E-state index < -0.39 is 4.92 Å². The lowest BCUT2D eigenvalue weighted by atomic mass is 10.1. The minimum Gasteiger partial charge on any atom is -0.411 e. The van der Waals surface area contributed by atoms with Gasteiger partial charge in [-0.2, -0.15) is 0 Å². The summed E-state index contributed by atoms with van der Waals surface area (Å²) in [5, 5.41) is 19.1. The molecule has 1 heterocycles. The molecule has 0 aliphatic heterocycles. The third-order valence-electron chi connectivity index (χ3n) is 3.21. The van der Waals surface area contributed by atoms with E-state index in [2.05, 4.69) is 10.2 Å². The van der Waals surface area contributed by atoms with Crippen LogP contribution in [0.1, 0.15) is 10.4 Å². The quantitative estimate of drug-likeness (QED) is 0.274. The van der Waals surface area contributed by atoms with Crippen molar-refractivity contribution in [1.82, 2.24) is 10.2 Å². The van der Waals surface area contributed by atoms with Gasteiger partial charge in [-0.25, -0.2) is 0 Å². The minimum atomic E-state index is -0.502. The molecule has 0 saturated heterocycles. The predicted octanol–water partition coefficient (Wildman–Crippen LogP) is 4.27. The summed E-state index contributed by atoms with van der Waals surface area (Å²) >= 11 is 7.06. The maximum absolute atomic E-state index is 12.2. The van der Waals surface area contributed by atoms with Crippen LogP contribution in [0.2, 0.25) is 5.02 Å². The molecule has 3 aromatic rings. The van der Waals surface area contributed by atoms with Gasteiger partial charge in [-0.1, -0.05) is 41.6 Å². The predicted molar refractivity (Wildman–Crippen MR) is 92.9 cm³/mol. The van der Waals surface area contributed by atoms with E-state index in [4.69, 9.17) is 16.0 Å². The van der Waals surface area contributed by atoms with E-state index in [-0.39, 0.29) is 28.3 Å². The fraction of sp³-hybridized carbons (Fsp3) is 0.0625. The standard InChI is InChI=1S/C16H10ClN3O4S/c17-13-7-2-1-6-12(13)14(21)9-25-16-19-18-15(24-16)10-4-3-5-11(8-10)20(22)23/h1-8H,9H2. The molecule has 0 radical (unpaired) electrons. The SMILES string of the molecule is O=C(CSc1nnc(-c2cccc([N+](=O)[O-])c2)o1)c1ccccc1Cl. The number of nitro benzene ring substituents is 1. The van der Waals surface area contributed by atoms with Gasteiger partial charge in [0.15, 0.2) is 5.78 Å². The Morgan fingerprint density at radius 1 is 1.20 bits per heavy atom. The first-order valence-electron chi connectivity index (χ1n) is 7.03. The van der Waals surface area contributed by atoms with Crippen LogP contribution in [0.5, 0.6) is 0 Å². The average Bonchev–Trinajstić information content (AvgIpc) is 3.09. The van der Waals surface area contributed by atoms with Crippen LogP contribution in [0.25, 0.3) is 11.5 Å². The minimum absolute atomic E-state index is 0.0706. The monoisotopic (exact) mass is 375 g/mol. The van der Waals surface area contributed by atoms with Crippen LogP contribution in [0.4, 0.5) is 5.69 Å². The van der Waals surface area contributed by atoms with Gasteiger partial charge < -0.3 is 4.42 Å². The Bertz CT molecular complexity index is 944. The van der Waals surface area contributed by atoms with Crippen LogP contribution in [-0.2, 0) is 0 Å². The number of hydrogen-bond donors (Lipinski definition) is 0. The Labute approximate surface area is 151 Å². The molecule has 9 heteroatoms. The number of hydrogen-bond acceptors (Lipinski definition) is 7. The molecule has 2 aromatic carbocycles. The van der Waals surface area contributed by atoms with Gasteiger partial charge in [-0.3, -0.25) is 14.9 Å². The summed E-state index contributed by atoms with van der Waals surface area (Å²) in [6.07, 6.45) is 0. The van der Waals surface area contributed by atoms with Crippen LogP contribution >= 0.6 is 23.4 Å². The van der Waals surface area contributed by atoms with Crippen LogP contribution in [0.15, 0.2) is 58.2 Å². The van der Waals surface area contributed by atoms with E-state index >= 15 is 0 Å². The van der Waals surface area contributed by atoms with Gasteiger partial charge >= 0.3 is 0 Å². The number of nitro groups is 1. The molecule has 0 N–H and O–H groups in total. The first-order valence-corrected chi connectivity index (χ1v) is 8.40. The van der Waals surface area contributed by atoms with Crippen molar-refractivity contribution >= 4 is 34.8 Å². The summed E-state index contributed by atoms with van der Waals surface area (Å²) < 4.78 is 5.45. The number of ketones is 1. The Hall–Kier alpha value is -2.71. The highest BCUT2D eigenvalue weighted by molar-refractivity contribution is 7.99. The Morgan fingerprint density at radius 2 is 2.00 bits per heavy atom. The summed E-state index contributed by atoms with van der Waals surface area (Å²) in [5.41, 5.74) is 0.792. The molecule has 0 aliphatic carbocycles. The number of halogens is 1. The van der Waals surface area contributed by atoms with Gasteiger partial charge in [0.2, 0.25) is 5.89 Å². The van der Waals surface area contributed by atoms with Gasteiger partial charge in [-0.15, -0.1) is 10.2 Å². The van der Waals surface area contributed by atoms with Crippen molar-refractivity contribution in [3.05, 3.63) is 69.2 Å². The second-order valence-electron chi connectivity index (χ2n) is 4.87. The zero-order valence-corrected chi connectivity index (χ0v) is 14.2. The van der Waals surface area contributed by atoms with Crippen molar-refractivity contribution in [3.8, 4) is 11.5 Å². The van der Waals surface area contributed by atoms with Crippen LogP contribution in [0.3, 0.4) is 0 Å². The molecule has 1 aromatic heterocycles. The maximum Gasteiger partial charge on any atom is 0.277 e. The Kier molecular flexibility index (Phi) is 5.11. The van der Waals surface area contributed by atoms with Crippen molar-refractivity contribution < 1.29 is 14.1 Å². The van der Waals surface area contributed by atoms with E-state index in [0.717, 1.165) is 11.8 Å². The smallest absolute Gasteiger partial charge is 0.277 e. The number of benzene rings is 2. The molecule has 25 heavy (non-hydrogen) atoms. The number of nitrogens with zero attached hydrogens (tertiary/aromatic N) is 3. The number of non-ortho nitro benzene ring substituents is 1. The molecule has 7 nitrogen and oxygen atoms in total. The first kappa shape index (κ1) is 17.1. The van der Waals surface area contributed by atoms with Gasteiger partial charge in [0.05, 0.1) is 15.7 Å². The Balaban J connectivity index is 1.70. The maximum atomic E-state index is 12.2. The van der Waals surface area contributed by atoms with Gasteiger partial charge in [0.25, 0.3) is 10.9 Å². The molecule has 0 bridgehead atoms. The van der Waals surface area contributed by atoms with Crippen LogP contribution < -0.4 is 0 Å². The average molecular weight is 376 g/mol. The van der Waals surface area contributed by atoms with Crippen molar-refractivity contribution in [3.63, 3.8) is 0 Å². The molecular weight excluding hydrogens is 366 g/mol. The highest BCUT2D eigenvalue weighted by Gasteiger charge is 2.15. The second-order valence-corrected chi connectivity index (χ2v) is 6.21. The number of thioether (sulfide) groups is 1. The normalized spacial score (nSPS) is 10.6. The molecular formula is C16H10ClN3O4S. The number of Topliss-reactive ketones (excluding diaryl/α,β-unsaturated/α-hetero) is 1. The van der Waals surface area contributed by atoms with E-state index in [1.54, 1.807) is 30.3 Å². The lowest BCUT2D eigenvalue weighted by Crippen LogP contribution is -2.02. The molecule has 0 unspecified atom stereocenters. The lowest BCUT2D eigenvalue weighted by molar-refractivity contribution is -0.384. The zero-order valence-electron chi connectivity index (χ0n) is 12.6. The van der Waals surface area contributed by atoms with E-state index in [1.807, 2.05) is 0 Å². The van der Waals surface area contributed by atoms with Crippen molar-refractivity contribution in [2.45, 2.75) is 5.22 Å². The third-order valence-corrected chi connectivity index (χ3v) is 4.36. The number of carbonyl (C=O) groups excluding carboxylic acids is 1. The highest BCUT2D eigenvalue weighted by Crippen LogP contribution is 2.26. The molecule has 0 aliphatic rings. The summed E-state index contributed by atoms with van der Waals surface area (Å²) in [6.45, 7) is 0. The highest BCUT2D eigenvalue weighted by atomic mass is 35.5. The van der Waals surface area contributed by atoms with E-state index in [9.17, 15) is 14.9 Å². The van der Waals surface area contributed by atoms with Crippen molar-refractivity contribution in [1.29, 1.82) is 0 Å². The topological polar surface area (TPSA) is 99.1 Å². The lowest BCUT2D eigenvalue weighted by Gasteiger charge is -2.01. The summed E-state index contributed by atoms with van der Waals surface area (Å²) in [4.78, 5) is 22.5. The summed E-state index contributed by atoms with van der Waals surface area (Å²) in [5.74, 6) is 0.0717. The zero-order chi connectivity index (χ0) is 17.8. The fourth-order valence-corrected chi connectivity index (χ4v) is 2.92. The number of aromatic nitrogens is 2. The molecule has 0 atom stereocenters. The van der Waals surface area contributed by atoms with Crippen molar-refractivity contribution in [2.75, 3.05) is 5.75 Å². The molecule has 0 amide bonds. The molecule has 0 saturated carbocycles. The molecule has 0 spiro atoms. The number of carbonyl (C=O) groups is 1. The fourth-order valence-electron chi connectivity index (χ4n) is 2.03. The van der Waals surface area contributed by atoms with Gasteiger partial charge in [-0.05, 0) is 18.2 Å². The van der Waals surface area contributed by atoms with E-state index in [1.165, 1.54) is 18.2 Å². The van der Waals surface area contributed by atoms with Gasteiger partial charge in [0.1, 0.15) is 0 Å². The summed E-state index contributed by atoms with van der Waals surface area (Å²) in [6, 6.07) is 12.6. The molecule has 126 valence electrons. The largest absolute Gasteiger partial charge is 0.411 e. The number of rotatable bonds is 6. The third kappa shape index (κ3) is 4.04. The second kappa shape index (κ2) is 7.45. The Morgan fingerprint density at radius 3 is 2.76 bits per heavy atom. The van der Waals surface area contributed by atoms with E-state index in [0.29, 0.717) is 16.1 Å². The molecule has 3 rings (SSSR count). The summed E-state index contributed by atoms with van der Waals surface area (Å²) in [7, 11) is 0. The van der Waals surface area contributed by atoms with Crippen LogP contribution in [0, 0.1) is 10.1 Å². The van der Waals surface area contributed by atoms with Gasteiger partial charge in [0, 0.05) is 23.3 Å².